The third kappa shape index (κ3) is 3.08. The van der Waals surface area contributed by atoms with Crippen molar-refractivity contribution in [2.24, 2.45) is 11.8 Å². The zero-order valence-electron chi connectivity index (χ0n) is 19.7. The van der Waals surface area contributed by atoms with Gasteiger partial charge < -0.3 is 10.3 Å². The summed E-state index contributed by atoms with van der Waals surface area (Å²) >= 11 is 6.45. The summed E-state index contributed by atoms with van der Waals surface area (Å²) in [5, 5.41) is 7.85. The molecule has 0 saturated carbocycles. The molecule has 7 rings (SSSR count). The molecule has 37 heavy (non-hydrogen) atoms. The molecule has 2 saturated heterocycles. The minimum absolute atomic E-state index is 0.172. The molecule has 3 N–H and O–H groups in total. The lowest BCUT2D eigenvalue weighted by atomic mass is 9.76. The third-order valence-electron chi connectivity index (χ3n) is 8.09. The summed E-state index contributed by atoms with van der Waals surface area (Å²) in [4.78, 5) is 46.3. The molecule has 8 heteroatoms. The van der Waals surface area contributed by atoms with Crippen LogP contribution in [0.2, 0.25) is 5.02 Å². The van der Waals surface area contributed by atoms with Gasteiger partial charge in [0.2, 0.25) is 17.7 Å². The number of para-hydroxylation sites is 2. The second kappa shape index (κ2) is 8.03. The summed E-state index contributed by atoms with van der Waals surface area (Å²) in [7, 11) is 0. The van der Waals surface area contributed by atoms with E-state index in [4.69, 9.17) is 11.6 Å². The average molecular weight is 511 g/mol. The van der Waals surface area contributed by atoms with E-state index in [-0.39, 0.29) is 24.3 Å². The summed E-state index contributed by atoms with van der Waals surface area (Å²) in [6.07, 6.45) is 2.42. The normalized spacial score (nSPS) is 26.2. The monoisotopic (exact) mass is 510 g/mol. The highest BCUT2D eigenvalue weighted by Gasteiger charge is 2.70. The van der Waals surface area contributed by atoms with Crippen LogP contribution in [-0.2, 0) is 32.9 Å². The Morgan fingerprint density at radius 1 is 0.892 bits per heavy atom. The molecule has 4 aromatic rings. The zero-order valence-corrected chi connectivity index (χ0v) is 20.5. The Labute approximate surface area is 217 Å². The minimum Gasteiger partial charge on any atom is -0.361 e. The first kappa shape index (κ1) is 22.3. The molecule has 0 bridgehead atoms. The highest BCUT2D eigenvalue weighted by atomic mass is 35.5. The van der Waals surface area contributed by atoms with Gasteiger partial charge >= 0.3 is 0 Å². The van der Waals surface area contributed by atoms with Gasteiger partial charge in [-0.1, -0.05) is 72.3 Å². The molecule has 7 nitrogen and oxygen atoms in total. The molecule has 3 aliphatic heterocycles. The molecule has 3 amide bonds. The van der Waals surface area contributed by atoms with E-state index in [1.54, 1.807) is 12.1 Å². The Hall–Kier alpha value is -3.94. The van der Waals surface area contributed by atoms with Crippen molar-refractivity contribution in [3.63, 3.8) is 0 Å². The van der Waals surface area contributed by atoms with Crippen LogP contribution < -0.4 is 10.6 Å². The summed E-state index contributed by atoms with van der Waals surface area (Å²) in [5.41, 5.74) is 2.62. The van der Waals surface area contributed by atoms with Crippen molar-refractivity contribution in [1.82, 2.24) is 15.2 Å². The van der Waals surface area contributed by atoms with Gasteiger partial charge in [-0.2, -0.15) is 0 Å². The molecular formula is C29H23ClN4O3. The number of aromatic nitrogens is 1. The molecule has 4 heterocycles. The maximum Gasteiger partial charge on any atom is 0.250 e. The predicted molar refractivity (Wildman–Crippen MR) is 140 cm³/mol. The molecule has 1 aromatic heterocycles. The number of fused-ring (bicyclic) bond motifs is 5. The number of anilines is 1. The fourth-order valence-electron chi connectivity index (χ4n) is 6.49. The molecule has 0 unspecified atom stereocenters. The lowest BCUT2D eigenvalue weighted by Gasteiger charge is -2.29. The van der Waals surface area contributed by atoms with Crippen LogP contribution in [0.25, 0.3) is 10.9 Å². The molecular weight excluding hydrogens is 488 g/mol. The van der Waals surface area contributed by atoms with E-state index < -0.39 is 23.4 Å². The Morgan fingerprint density at radius 2 is 1.68 bits per heavy atom. The topological polar surface area (TPSA) is 94.3 Å². The fourth-order valence-corrected chi connectivity index (χ4v) is 6.71. The quantitative estimate of drug-likeness (QED) is 0.362. The van der Waals surface area contributed by atoms with E-state index >= 15 is 0 Å². The van der Waals surface area contributed by atoms with Crippen molar-refractivity contribution in [3.05, 3.63) is 101 Å². The third-order valence-corrected chi connectivity index (χ3v) is 8.40. The highest BCUT2D eigenvalue weighted by molar-refractivity contribution is 6.35. The maximum atomic E-state index is 14.0. The van der Waals surface area contributed by atoms with Crippen molar-refractivity contribution in [1.29, 1.82) is 0 Å². The molecule has 1 spiro atoms. The van der Waals surface area contributed by atoms with E-state index in [9.17, 15) is 14.4 Å². The number of H-pyrrole nitrogens is 1. The number of hydrogen-bond donors (Lipinski definition) is 3. The number of rotatable bonds is 4. The number of carbonyl (C=O) groups is 3. The number of carbonyl (C=O) groups excluding carboxylic acids is 3. The SMILES string of the molecule is O=C1[C@@H]2[C@H](Cc3c[nH]c4ccccc34)N[C@@]3(C(=O)Nc4c(Cl)cccc43)[C@@H]2C(=O)N1Cc1ccccc1. The molecule has 2 fully saturated rings. The largest absolute Gasteiger partial charge is 0.361 e. The minimum atomic E-state index is -1.38. The summed E-state index contributed by atoms with van der Waals surface area (Å²) in [6, 6.07) is 22.3. The molecule has 0 aliphatic carbocycles. The van der Waals surface area contributed by atoms with Crippen LogP contribution >= 0.6 is 11.6 Å². The number of amides is 3. The lowest BCUT2D eigenvalue weighted by Crippen LogP contribution is -2.53. The fraction of sp³-hybridized carbons (Fsp3) is 0.207. The van der Waals surface area contributed by atoms with Crippen molar-refractivity contribution < 1.29 is 14.4 Å². The van der Waals surface area contributed by atoms with Gasteiger partial charge in [0.25, 0.3) is 0 Å². The zero-order chi connectivity index (χ0) is 25.3. The van der Waals surface area contributed by atoms with Crippen LogP contribution in [0.5, 0.6) is 0 Å². The van der Waals surface area contributed by atoms with Crippen LogP contribution in [0.15, 0.2) is 79.0 Å². The van der Waals surface area contributed by atoms with Gasteiger partial charge in [-0.25, -0.2) is 0 Å². The second-order valence-corrected chi connectivity index (χ2v) is 10.4. The Balaban J connectivity index is 1.35. The van der Waals surface area contributed by atoms with Crippen LogP contribution in [0.1, 0.15) is 16.7 Å². The first-order chi connectivity index (χ1) is 18.0. The molecule has 4 atom stereocenters. The number of halogens is 1. The first-order valence-electron chi connectivity index (χ1n) is 12.3. The van der Waals surface area contributed by atoms with Crippen LogP contribution in [0.4, 0.5) is 5.69 Å². The number of nitrogens with zero attached hydrogens (tertiary/aromatic N) is 1. The van der Waals surface area contributed by atoms with E-state index in [0.29, 0.717) is 22.7 Å². The van der Waals surface area contributed by atoms with Crippen LogP contribution in [-0.4, -0.2) is 33.6 Å². The summed E-state index contributed by atoms with van der Waals surface area (Å²) in [6.45, 7) is 0.172. The van der Waals surface area contributed by atoms with Gasteiger partial charge in [0.15, 0.2) is 0 Å². The number of aromatic amines is 1. The summed E-state index contributed by atoms with van der Waals surface area (Å²) < 4.78 is 0. The van der Waals surface area contributed by atoms with Gasteiger partial charge in [-0.3, -0.25) is 24.6 Å². The van der Waals surface area contributed by atoms with E-state index in [1.807, 2.05) is 66.9 Å². The maximum absolute atomic E-state index is 14.0. The van der Waals surface area contributed by atoms with E-state index in [2.05, 4.69) is 15.6 Å². The van der Waals surface area contributed by atoms with Crippen LogP contribution in [0.3, 0.4) is 0 Å². The van der Waals surface area contributed by atoms with Crippen molar-refractivity contribution >= 4 is 45.9 Å². The van der Waals surface area contributed by atoms with Crippen molar-refractivity contribution in [2.75, 3.05) is 5.32 Å². The molecule has 184 valence electrons. The molecule has 0 radical (unpaired) electrons. The number of imide groups is 1. The Bertz CT molecular complexity index is 1600. The van der Waals surface area contributed by atoms with E-state index in [1.165, 1.54) is 4.90 Å². The van der Waals surface area contributed by atoms with Gasteiger partial charge in [0.1, 0.15) is 5.54 Å². The predicted octanol–water partition coefficient (Wildman–Crippen LogP) is 3.98. The van der Waals surface area contributed by atoms with Gasteiger partial charge in [0.05, 0.1) is 29.1 Å². The standard InChI is InChI=1S/C29H23ClN4O3/c30-20-11-6-10-19-25(20)32-28(37)29(19)24-23(26(35)34(27(24)36)15-16-7-2-1-3-8-16)22(33-29)13-17-14-31-21-12-5-4-9-18(17)21/h1-12,14,22-24,31,33H,13,15H2,(H,32,37)/t22-,23+,24-,29+/m0/s1. The Morgan fingerprint density at radius 3 is 2.51 bits per heavy atom. The number of likely N-dealkylation sites (tertiary alicyclic amines) is 1. The van der Waals surface area contributed by atoms with Crippen molar-refractivity contribution in [3.8, 4) is 0 Å². The summed E-state index contributed by atoms with van der Waals surface area (Å²) in [5.74, 6) is -2.51. The number of benzene rings is 3. The second-order valence-electron chi connectivity index (χ2n) is 9.99. The highest BCUT2D eigenvalue weighted by Crippen LogP contribution is 2.54. The van der Waals surface area contributed by atoms with Gasteiger partial charge in [-0.15, -0.1) is 0 Å². The number of nitrogens with one attached hydrogen (secondary N) is 3. The van der Waals surface area contributed by atoms with Crippen LogP contribution in [0, 0.1) is 11.8 Å². The average Bonchev–Trinajstić information content (AvgIpc) is 3.62. The number of hydrogen-bond acceptors (Lipinski definition) is 4. The van der Waals surface area contributed by atoms with Gasteiger partial charge in [0, 0.05) is 28.7 Å². The van der Waals surface area contributed by atoms with Crippen molar-refractivity contribution in [2.45, 2.75) is 24.5 Å². The smallest absolute Gasteiger partial charge is 0.250 e. The van der Waals surface area contributed by atoms with Gasteiger partial charge in [-0.05, 0) is 29.7 Å². The molecule has 3 aromatic carbocycles. The first-order valence-corrected chi connectivity index (χ1v) is 12.7. The lowest BCUT2D eigenvalue weighted by molar-refractivity contribution is -0.143. The van der Waals surface area contributed by atoms with E-state index in [0.717, 1.165) is 22.0 Å². The Kier molecular flexibility index (Phi) is 4.83. The molecule has 3 aliphatic rings.